The molecule has 0 unspecified atom stereocenters. The minimum absolute atomic E-state index is 0. The van der Waals surface area contributed by atoms with Crippen LogP contribution in [0.5, 0.6) is 5.75 Å². The average Bonchev–Trinajstić information content (AvgIpc) is 3.06. The summed E-state index contributed by atoms with van der Waals surface area (Å²) in [6.07, 6.45) is 2.24. The second kappa shape index (κ2) is 7.96. The second-order valence-corrected chi connectivity index (χ2v) is 8.38. The number of anilines is 1. The molecule has 3 nitrogen and oxygen atoms in total. The van der Waals surface area contributed by atoms with Crippen LogP contribution >= 0.6 is 34.7 Å². The quantitative estimate of drug-likeness (QED) is 0.393. The van der Waals surface area contributed by atoms with Crippen molar-refractivity contribution in [2.24, 2.45) is 7.05 Å². The molecule has 2 heterocycles. The highest BCUT2D eigenvalue weighted by atomic mass is 127. The Kier molecular flexibility index (Phi) is 6.06. The lowest BCUT2D eigenvalue weighted by Gasteiger charge is -2.12. The molecule has 2 aromatic carbocycles. The van der Waals surface area contributed by atoms with E-state index in [2.05, 4.69) is 47.8 Å². The Bertz CT molecular complexity index is 1000. The fourth-order valence-electron chi connectivity index (χ4n) is 2.91. The lowest BCUT2D eigenvalue weighted by Crippen LogP contribution is -3.00. The van der Waals surface area contributed by atoms with Crippen LogP contribution in [0.4, 0.5) is 5.69 Å². The highest BCUT2D eigenvalue weighted by molar-refractivity contribution is 8.03. The summed E-state index contributed by atoms with van der Waals surface area (Å²) < 4.78 is 9.08. The van der Waals surface area contributed by atoms with Crippen molar-refractivity contribution in [3.8, 4) is 5.75 Å². The van der Waals surface area contributed by atoms with E-state index in [9.17, 15) is 0 Å². The van der Waals surface area contributed by atoms with Crippen molar-refractivity contribution in [2.75, 3.05) is 18.6 Å². The number of rotatable bonds is 3. The van der Waals surface area contributed by atoms with Gasteiger partial charge in [0, 0.05) is 29.1 Å². The van der Waals surface area contributed by atoms with E-state index < -0.39 is 0 Å². The molecule has 7 heteroatoms. The maximum absolute atomic E-state index is 6.15. The summed E-state index contributed by atoms with van der Waals surface area (Å²) in [7, 11) is 4.19. The molecule has 0 radical (unpaired) electrons. The highest BCUT2D eigenvalue weighted by Gasteiger charge is 2.25. The zero-order valence-electron chi connectivity index (χ0n) is 14.6. The molecule has 0 atom stereocenters. The maximum atomic E-state index is 6.15. The zero-order chi connectivity index (χ0) is 17.6. The number of halogens is 2. The van der Waals surface area contributed by atoms with Gasteiger partial charge in [-0.25, -0.2) is 0 Å². The second-order valence-electron chi connectivity index (χ2n) is 5.82. The van der Waals surface area contributed by atoms with Gasteiger partial charge in [0.05, 0.1) is 23.4 Å². The number of fused-ring (bicyclic) bond motifs is 2. The van der Waals surface area contributed by atoms with Crippen LogP contribution in [0.15, 0.2) is 46.3 Å². The summed E-state index contributed by atoms with van der Waals surface area (Å²) in [5.41, 5.74) is 2.37. The molecule has 1 aliphatic rings. The third-order valence-electron chi connectivity index (χ3n) is 4.22. The number of hydrogen-bond donors (Lipinski definition) is 0. The van der Waals surface area contributed by atoms with Crippen LogP contribution in [0.1, 0.15) is 11.9 Å². The Labute approximate surface area is 183 Å². The first-order chi connectivity index (χ1) is 12.1. The molecule has 0 N–H and O–H groups in total. The normalized spacial score (nSPS) is 14.6. The smallest absolute Gasteiger partial charge is 0.265 e. The molecule has 4 rings (SSSR count). The lowest BCUT2D eigenvalue weighted by molar-refractivity contribution is -0.642. The molecular weight excluding hydrogens is 499 g/mol. The minimum Gasteiger partial charge on any atom is -1.00 e. The van der Waals surface area contributed by atoms with Crippen LogP contribution in [0.2, 0.25) is 5.02 Å². The number of benzene rings is 2. The van der Waals surface area contributed by atoms with Gasteiger partial charge < -0.3 is 33.6 Å². The first kappa shape index (κ1) is 19.8. The van der Waals surface area contributed by atoms with E-state index in [0.717, 1.165) is 16.5 Å². The van der Waals surface area contributed by atoms with Crippen molar-refractivity contribution >= 4 is 56.7 Å². The molecule has 0 spiro atoms. The van der Waals surface area contributed by atoms with E-state index in [0.29, 0.717) is 6.61 Å². The largest absolute Gasteiger partial charge is 1.00 e. The van der Waals surface area contributed by atoms with Gasteiger partial charge in [0.2, 0.25) is 5.52 Å². The number of nitrogens with zero attached hydrogens (tertiary/aromatic N) is 2. The topological polar surface area (TPSA) is 16.4 Å². The molecular formula is C19H18ClIN2OS2. The van der Waals surface area contributed by atoms with E-state index in [1.165, 1.54) is 25.1 Å². The van der Waals surface area contributed by atoms with Crippen LogP contribution in [0.25, 0.3) is 16.3 Å². The third-order valence-corrected chi connectivity index (χ3v) is 6.77. The maximum Gasteiger partial charge on any atom is 0.265 e. The predicted molar refractivity (Wildman–Crippen MR) is 108 cm³/mol. The Morgan fingerprint density at radius 1 is 1.23 bits per heavy atom. The summed E-state index contributed by atoms with van der Waals surface area (Å²) in [6, 6.07) is 12.3. The molecule has 0 aliphatic carbocycles. The van der Waals surface area contributed by atoms with Gasteiger partial charge in [-0.3, -0.25) is 0 Å². The number of ether oxygens (including phenoxy) is 1. The van der Waals surface area contributed by atoms with Gasteiger partial charge in [0.15, 0.2) is 0 Å². The van der Waals surface area contributed by atoms with Gasteiger partial charge >= 0.3 is 0 Å². The van der Waals surface area contributed by atoms with E-state index in [-0.39, 0.29) is 24.0 Å². The summed E-state index contributed by atoms with van der Waals surface area (Å²) in [5, 5.41) is 3.17. The van der Waals surface area contributed by atoms with E-state index in [1.807, 2.05) is 25.1 Å². The number of aryl methyl sites for hydroxylation is 1. The molecule has 26 heavy (non-hydrogen) atoms. The van der Waals surface area contributed by atoms with Gasteiger partial charge in [-0.05, 0) is 31.2 Å². The van der Waals surface area contributed by atoms with Gasteiger partial charge in [-0.1, -0.05) is 34.7 Å². The van der Waals surface area contributed by atoms with Crippen LogP contribution in [-0.4, -0.2) is 13.7 Å². The molecule has 0 fully saturated rings. The van der Waals surface area contributed by atoms with Crippen molar-refractivity contribution in [1.29, 1.82) is 0 Å². The SMILES string of the molecule is CCOc1ccc2c(c1)sc(/C=C1\Sc3ccc(Cl)cc3N1C)[n+]2C.[I-]. The lowest BCUT2D eigenvalue weighted by atomic mass is 10.3. The van der Waals surface area contributed by atoms with Crippen molar-refractivity contribution in [3.63, 3.8) is 0 Å². The predicted octanol–water partition coefficient (Wildman–Crippen LogP) is 2.32. The Morgan fingerprint density at radius 3 is 2.81 bits per heavy atom. The summed E-state index contributed by atoms with van der Waals surface area (Å²) in [6.45, 7) is 2.69. The van der Waals surface area contributed by atoms with E-state index in [4.69, 9.17) is 16.3 Å². The Morgan fingerprint density at radius 2 is 2.04 bits per heavy atom. The Hall–Kier alpha value is -0.960. The van der Waals surface area contributed by atoms with E-state index >= 15 is 0 Å². The van der Waals surface area contributed by atoms with Gasteiger partial charge in [0.1, 0.15) is 17.5 Å². The molecule has 3 aromatic rings. The van der Waals surface area contributed by atoms with Crippen molar-refractivity contribution in [2.45, 2.75) is 11.8 Å². The van der Waals surface area contributed by atoms with Crippen molar-refractivity contribution in [3.05, 3.63) is 51.5 Å². The Balaban J connectivity index is 0.00000196. The van der Waals surface area contributed by atoms with Crippen LogP contribution in [-0.2, 0) is 7.05 Å². The first-order valence-corrected chi connectivity index (χ1v) is 10.1. The third kappa shape index (κ3) is 3.56. The summed E-state index contributed by atoms with van der Waals surface area (Å²) >= 11 is 9.70. The monoisotopic (exact) mass is 516 g/mol. The standard InChI is InChI=1S/C19H18ClN2OS2.HI/c1-4-23-13-6-7-14-17(10-13)25-18(21(14)2)11-19-22(3)15-9-12(20)5-8-16(15)24-19;/h5-11H,4H2,1-3H3;1H/q+1;/p-1. The van der Waals surface area contributed by atoms with Crippen molar-refractivity contribution in [1.82, 2.24) is 0 Å². The summed E-state index contributed by atoms with van der Waals surface area (Å²) in [4.78, 5) is 3.43. The fraction of sp³-hybridized carbons (Fsp3) is 0.211. The zero-order valence-corrected chi connectivity index (χ0v) is 19.2. The summed E-state index contributed by atoms with van der Waals surface area (Å²) in [5.74, 6) is 0.922. The molecule has 0 saturated carbocycles. The van der Waals surface area contributed by atoms with Gasteiger partial charge in [0.25, 0.3) is 5.01 Å². The van der Waals surface area contributed by atoms with E-state index in [1.54, 1.807) is 23.1 Å². The molecule has 0 bridgehead atoms. The average molecular weight is 517 g/mol. The van der Waals surface area contributed by atoms with Gasteiger partial charge in [-0.15, -0.1) is 0 Å². The van der Waals surface area contributed by atoms with Gasteiger partial charge in [-0.2, -0.15) is 4.57 Å². The van der Waals surface area contributed by atoms with Crippen LogP contribution < -0.4 is 38.2 Å². The first-order valence-electron chi connectivity index (χ1n) is 8.05. The molecule has 1 aliphatic heterocycles. The fourth-order valence-corrected chi connectivity index (χ4v) is 5.33. The molecule has 136 valence electrons. The number of thiazole rings is 1. The highest BCUT2D eigenvalue weighted by Crippen LogP contribution is 2.46. The minimum atomic E-state index is 0. The number of hydrogen-bond acceptors (Lipinski definition) is 4. The molecule has 1 aromatic heterocycles. The molecule has 0 saturated heterocycles. The number of aromatic nitrogens is 1. The van der Waals surface area contributed by atoms with Crippen LogP contribution in [0, 0.1) is 0 Å². The van der Waals surface area contributed by atoms with Crippen LogP contribution in [0.3, 0.4) is 0 Å². The number of thioether (sulfide) groups is 1. The molecule has 0 amide bonds. The van der Waals surface area contributed by atoms with Crippen molar-refractivity contribution < 1.29 is 33.3 Å².